The molecule has 1 fully saturated rings. The summed E-state index contributed by atoms with van der Waals surface area (Å²) in [6.07, 6.45) is 1.93. The molecule has 6 heteroatoms. The first kappa shape index (κ1) is 14.7. The van der Waals surface area contributed by atoms with Gasteiger partial charge in [-0.2, -0.15) is 0 Å². The van der Waals surface area contributed by atoms with Crippen molar-refractivity contribution >= 4 is 11.8 Å². The molecule has 5 nitrogen and oxygen atoms in total. The Bertz CT molecular complexity index is 519. The number of halogens is 1. The van der Waals surface area contributed by atoms with Crippen LogP contribution in [0.25, 0.3) is 0 Å². The highest BCUT2D eigenvalue weighted by Crippen LogP contribution is 2.44. The van der Waals surface area contributed by atoms with Crippen LogP contribution in [0.2, 0.25) is 0 Å². The Morgan fingerprint density at radius 3 is 2.90 bits per heavy atom. The zero-order valence-electron chi connectivity index (χ0n) is 11.8. The van der Waals surface area contributed by atoms with Crippen molar-refractivity contribution in [3.05, 3.63) is 23.6 Å². The Kier molecular flexibility index (Phi) is 3.94. The van der Waals surface area contributed by atoms with E-state index in [9.17, 15) is 9.18 Å². The average Bonchev–Trinajstić information content (AvgIpc) is 2.39. The van der Waals surface area contributed by atoms with Gasteiger partial charge in [0.05, 0.1) is 12.3 Å². The van der Waals surface area contributed by atoms with Gasteiger partial charge in [0.25, 0.3) is 0 Å². The molecule has 1 aliphatic carbocycles. The third-order valence-corrected chi connectivity index (χ3v) is 3.94. The molecule has 0 saturated heterocycles. The number of hydrogen-bond donors (Lipinski definition) is 2. The minimum Gasteiger partial charge on any atom is -0.478 e. The molecule has 1 aromatic rings. The topological polar surface area (TPSA) is 71.5 Å². The summed E-state index contributed by atoms with van der Waals surface area (Å²) in [5.41, 5.74) is -0.275. The second-order valence-electron chi connectivity index (χ2n) is 5.55. The van der Waals surface area contributed by atoms with Crippen LogP contribution in [0.15, 0.2) is 12.3 Å². The first-order chi connectivity index (χ1) is 9.36. The predicted molar refractivity (Wildman–Crippen MR) is 72.4 cm³/mol. The highest BCUT2D eigenvalue weighted by atomic mass is 19.1. The van der Waals surface area contributed by atoms with E-state index in [1.807, 2.05) is 6.92 Å². The molecule has 2 unspecified atom stereocenters. The van der Waals surface area contributed by atoms with E-state index in [-0.39, 0.29) is 28.9 Å². The lowest BCUT2D eigenvalue weighted by Gasteiger charge is -2.51. The molecule has 2 atom stereocenters. The van der Waals surface area contributed by atoms with Crippen molar-refractivity contribution in [2.75, 3.05) is 11.9 Å². The molecule has 2 N–H and O–H groups in total. The number of carboxylic acid groups (broad SMARTS) is 1. The molecule has 0 aliphatic heterocycles. The van der Waals surface area contributed by atoms with Crippen LogP contribution < -0.4 is 5.32 Å². The molecule has 1 heterocycles. The van der Waals surface area contributed by atoms with Crippen LogP contribution in [-0.4, -0.2) is 34.8 Å². The van der Waals surface area contributed by atoms with Gasteiger partial charge in [0.1, 0.15) is 17.2 Å². The van der Waals surface area contributed by atoms with Gasteiger partial charge in [-0.15, -0.1) is 0 Å². The summed E-state index contributed by atoms with van der Waals surface area (Å²) in [5, 5.41) is 12.2. The summed E-state index contributed by atoms with van der Waals surface area (Å²) in [4.78, 5) is 15.0. The van der Waals surface area contributed by atoms with Gasteiger partial charge in [-0.05, 0) is 19.4 Å². The minimum absolute atomic E-state index is 0.0510. The summed E-state index contributed by atoms with van der Waals surface area (Å²) >= 11 is 0. The zero-order valence-corrected chi connectivity index (χ0v) is 11.8. The summed E-state index contributed by atoms with van der Waals surface area (Å²) in [6.45, 7) is 6.70. The second-order valence-corrected chi connectivity index (χ2v) is 5.55. The number of carbonyl (C=O) groups is 1. The van der Waals surface area contributed by atoms with E-state index >= 15 is 0 Å². The minimum atomic E-state index is -1.20. The number of hydrogen-bond acceptors (Lipinski definition) is 4. The van der Waals surface area contributed by atoms with Crippen molar-refractivity contribution in [2.45, 2.75) is 39.3 Å². The van der Waals surface area contributed by atoms with Gasteiger partial charge >= 0.3 is 5.97 Å². The van der Waals surface area contributed by atoms with E-state index in [1.165, 1.54) is 0 Å². The van der Waals surface area contributed by atoms with Gasteiger partial charge in [-0.1, -0.05) is 13.8 Å². The number of nitrogens with one attached hydrogen (secondary N) is 1. The molecule has 110 valence electrons. The van der Waals surface area contributed by atoms with Gasteiger partial charge in [0, 0.05) is 18.1 Å². The van der Waals surface area contributed by atoms with Crippen LogP contribution in [0.4, 0.5) is 10.2 Å². The molecule has 1 saturated carbocycles. The lowest BCUT2D eigenvalue weighted by Crippen LogP contribution is -2.58. The molecule has 20 heavy (non-hydrogen) atoms. The number of ether oxygens (including phenoxy) is 1. The Labute approximate surface area is 117 Å². The Morgan fingerprint density at radius 2 is 2.35 bits per heavy atom. The van der Waals surface area contributed by atoms with Gasteiger partial charge in [-0.3, -0.25) is 0 Å². The van der Waals surface area contributed by atoms with Crippen LogP contribution in [0.5, 0.6) is 0 Å². The summed E-state index contributed by atoms with van der Waals surface area (Å²) in [6, 6.07) is 1.03. The summed E-state index contributed by atoms with van der Waals surface area (Å²) in [7, 11) is 0. The molecular formula is C14H19FN2O3. The molecular weight excluding hydrogens is 263 g/mol. The van der Waals surface area contributed by atoms with E-state index < -0.39 is 11.8 Å². The van der Waals surface area contributed by atoms with Gasteiger partial charge in [-0.25, -0.2) is 14.2 Å². The predicted octanol–water partition coefficient (Wildman–Crippen LogP) is 2.53. The van der Waals surface area contributed by atoms with Crippen molar-refractivity contribution < 1.29 is 19.0 Å². The summed E-state index contributed by atoms with van der Waals surface area (Å²) in [5.74, 6) is -1.65. The SMILES string of the molecule is CCOC1CC(Nc2ncc(F)cc2C(=O)O)C1(C)C. The van der Waals surface area contributed by atoms with Crippen molar-refractivity contribution in [3.63, 3.8) is 0 Å². The Balaban J connectivity index is 2.14. The number of carboxylic acids is 1. The quantitative estimate of drug-likeness (QED) is 0.868. The van der Waals surface area contributed by atoms with Crippen LogP contribution in [-0.2, 0) is 4.74 Å². The summed E-state index contributed by atoms with van der Waals surface area (Å²) < 4.78 is 18.7. The van der Waals surface area contributed by atoms with Crippen molar-refractivity contribution in [1.29, 1.82) is 0 Å². The lowest BCUT2D eigenvalue weighted by atomic mass is 9.64. The van der Waals surface area contributed by atoms with E-state index in [0.29, 0.717) is 6.61 Å². The van der Waals surface area contributed by atoms with Crippen molar-refractivity contribution in [2.24, 2.45) is 5.41 Å². The molecule has 0 amide bonds. The fourth-order valence-corrected chi connectivity index (χ4v) is 2.50. The van der Waals surface area contributed by atoms with Crippen molar-refractivity contribution in [3.8, 4) is 0 Å². The highest BCUT2D eigenvalue weighted by Gasteiger charge is 2.49. The molecule has 0 aromatic carbocycles. The second kappa shape index (κ2) is 5.36. The van der Waals surface area contributed by atoms with Crippen LogP contribution in [0, 0.1) is 11.2 Å². The average molecular weight is 282 g/mol. The maximum atomic E-state index is 13.1. The molecule has 0 bridgehead atoms. The maximum Gasteiger partial charge on any atom is 0.339 e. The first-order valence-electron chi connectivity index (χ1n) is 6.63. The highest BCUT2D eigenvalue weighted by molar-refractivity contribution is 5.93. The van der Waals surface area contributed by atoms with E-state index in [4.69, 9.17) is 9.84 Å². The largest absolute Gasteiger partial charge is 0.478 e. The number of aromatic nitrogens is 1. The molecule has 0 spiro atoms. The lowest BCUT2D eigenvalue weighted by molar-refractivity contribution is -0.0976. The van der Waals surface area contributed by atoms with E-state index in [0.717, 1.165) is 18.7 Å². The van der Waals surface area contributed by atoms with E-state index in [2.05, 4.69) is 24.1 Å². The molecule has 1 aliphatic rings. The maximum absolute atomic E-state index is 13.1. The smallest absolute Gasteiger partial charge is 0.339 e. The molecule has 2 rings (SSSR count). The first-order valence-corrected chi connectivity index (χ1v) is 6.63. The monoisotopic (exact) mass is 282 g/mol. The number of anilines is 1. The number of nitrogens with zero attached hydrogens (tertiary/aromatic N) is 1. The number of aromatic carboxylic acids is 1. The van der Waals surface area contributed by atoms with Crippen molar-refractivity contribution in [1.82, 2.24) is 4.98 Å². The molecule has 0 radical (unpaired) electrons. The molecule has 1 aromatic heterocycles. The fourth-order valence-electron chi connectivity index (χ4n) is 2.50. The van der Waals surface area contributed by atoms with Gasteiger partial charge in [0.15, 0.2) is 0 Å². The Morgan fingerprint density at radius 1 is 1.65 bits per heavy atom. The van der Waals surface area contributed by atoms with Crippen LogP contribution in [0.1, 0.15) is 37.6 Å². The zero-order chi connectivity index (χ0) is 14.9. The fraction of sp³-hybridized carbons (Fsp3) is 0.571. The Hall–Kier alpha value is -1.69. The van der Waals surface area contributed by atoms with Gasteiger partial charge < -0.3 is 15.2 Å². The number of rotatable bonds is 5. The van der Waals surface area contributed by atoms with Gasteiger partial charge in [0.2, 0.25) is 0 Å². The normalized spacial score (nSPS) is 24.0. The third-order valence-electron chi connectivity index (χ3n) is 3.94. The third kappa shape index (κ3) is 2.60. The number of pyridine rings is 1. The van der Waals surface area contributed by atoms with E-state index in [1.54, 1.807) is 0 Å². The van der Waals surface area contributed by atoms with Crippen LogP contribution >= 0.6 is 0 Å². The standard InChI is InChI=1S/C14H19FN2O3/c1-4-20-11-6-10(14(11,2)3)17-12-9(13(18)19)5-8(15)7-16-12/h5,7,10-11H,4,6H2,1-3H3,(H,16,17)(H,18,19). The van der Waals surface area contributed by atoms with Crippen LogP contribution in [0.3, 0.4) is 0 Å².